The molecule has 1 aliphatic rings. The average molecular weight is 266 g/mol. The van der Waals surface area contributed by atoms with Crippen molar-refractivity contribution in [2.45, 2.75) is 36.7 Å². The highest BCUT2D eigenvalue weighted by Crippen LogP contribution is 2.39. The van der Waals surface area contributed by atoms with Crippen molar-refractivity contribution in [1.82, 2.24) is 10.1 Å². The summed E-state index contributed by atoms with van der Waals surface area (Å²) >= 11 is 3.66. The summed E-state index contributed by atoms with van der Waals surface area (Å²) in [5, 5.41) is 6.64. The normalized spacial score (nSPS) is 17.2. The van der Waals surface area contributed by atoms with Crippen LogP contribution in [0.2, 0.25) is 0 Å². The van der Waals surface area contributed by atoms with Crippen molar-refractivity contribution < 1.29 is 4.52 Å². The molecule has 5 heteroatoms. The standard InChI is InChI=1S/C12H14N2OS2/c1-8(10-3-2-6-16-10)17-7-11-13-12(15-14-11)9-4-5-9/h2-3,6,8-9H,4-5,7H2,1H3/t8-/m1/s1. The first-order chi connectivity index (χ1) is 8.33. The maximum atomic E-state index is 5.24. The molecule has 2 aromatic rings. The van der Waals surface area contributed by atoms with Crippen molar-refractivity contribution in [3.8, 4) is 0 Å². The summed E-state index contributed by atoms with van der Waals surface area (Å²) in [5.41, 5.74) is 0. The fourth-order valence-electron chi connectivity index (χ4n) is 1.63. The van der Waals surface area contributed by atoms with Crippen LogP contribution in [0.5, 0.6) is 0 Å². The van der Waals surface area contributed by atoms with Crippen LogP contribution in [0.4, 0.5) is 0 Å². The molecule has 0 aliphatic heterocycles. The molecule has 1 fully saturated rings. The van der Waals surface area contributed by atoms with Crippen LogP contribution in [0.25, 0.3) is 0 Å². The summed E-state index contributed by atoms with van der Waals surface area (Å²) in [6, 6.07) is 4.27. The largest absolute Gasteiger partial charge is 0.339 e. The van der Waals surface area contributed by atoms with Gasteiger partial charge in [-0.1, -0.05) is 11.2 Å². The Hall–Kier alpha value is -0.810. The van der Waals surface area contributed by atoms with Crippen LogP contribution in [-0.4, -0.2) is 10.1 Å². The van der Waals surface area contributed by atoms with E-state index in [-0.39, 0.29) is 0 Å². The maximum Gasteiger partial charge on any atom is 0.229 e. The van der Waals surface area contributed by atoms with Crippen LogP contribution >= 0.6 is 23.1 Å². The van der Waals surface area contributed by atoms with E-state index in [1.165, 1.54) is 17.7 Å². The molecule has 2 aromatic heterocycles. The summed E-state index contributed by atoms with van der Waals surface area (Å²) < 4.78 is 5.24. The van der Waals surface area contributed by atoms with Gasteiger partial charge < -0.3 is 4.52 Å². The fraction of sp³-hybridized carbons (Fsp3) is 0.500. The molecule has 3 nitrogen and oxygen atoms in total. The molecule has 1 atom stereocenters. The molecule has 0 radical (unpaired) electrons. The number of hydrogen-bond acceptors (Lipinski definition) is 5. The van der Waals surface area contributed by atoms with Crippen molar-refractivity contribution in [2.24, 2.45) is 0 Å². The Balaban J connectivity index is 1.56. The first kappa shape index (κ1) is 11.3. The minimum absolute atomic E-state index is 0.498. The third-order valence-corrected chi connectivity index (χ3v) is 5.20. The highest BCUT2D eigenvalue weighted by Gasteiger charge is 2.29. The summed E-state index contributed by atoms with van der Waals surface area (Å²) in [6.07, 6.45) is 2.42. The van der Waals surface area contributed by atoms with E-state index >= 15 is 0 Å². The molecule has 1 aliphatic carbocycles. The summed E-state index contributed by atoms with van der Waals surface area (Å²) in [7, 11) is 0. The lowest BCUT2D eigenvalue weighted by Gasteiger charge is -2.06. The predicted octanol–water partition coefficient (Wildman–Crippen LogP) is 4.00. The average Bonchev–Trinajstić information content (AvgIpc) is 2.88. The molecular formula is C12H14N2OS2. The predicted molar refractivity (Wildman–Crippen MR) is 70.3 cm³/mol. The van der Waals surface area contributed by atoms with E-state index in [0.717, 1.165) is 17.5 Å². The lowest BCUT2D eigenvalue weighted by molar-refractivity contribution is 0.375. The molecule has 0 bridgehead atoms. The molecule has 90 valence electrons. The van der Waals surface area contributed by atoms with E-state index in [0.29, 0.717) is 11.2 Å². The monoisotopic (exact) mass is 266 g/mol. The zero-order valence-corrected chi connectivity index (χ0v) is 11.3. The highest BCUT2D eigenvalue weighted by molar-refractivity contribution is 7.98. The van der Waals surface area contributed by atoms with E-state index in [4.69, 9.17) is 4.52 Å². The number of nitrogens with zero attached hydrogens (tertiary/aromatic N) is 2. The number of aromatic nitrogens is 2. The highest BCUT2D eigenvalue weighted by atomic mass is 32.2. The van der Waals surface area contributed by atoms with E-state index in [2.05, 4.69) is 34.6 Å². The van der Waals surface area contributed by atoms with Gasteiger partial charge >= 0.3 is 0 Å². The van der Waals surface area contributed by atoms with Crippen LogP contribution in [0.3, 0.4) is 0 Å². The Kier molecular flexibility index (Phi) is 3.20. The van der Waals surface area contributed by atoms with Crippen molar-refractivity contribution in [1.29, 1.82) is 0 Å². The second kappa shape index (κ2) is 4.82. The van der Waals surface area contributed by atoms with Crippen molar-refractivity contribution >= 4 is 23.1 Å². The molecular weight excluding hydrogens is 252 g/mol. The molecule has 1 saturated carbocycles. The van der Waals surface area contributed by atoms with Gasteiger partial charge in [-0.2, -0.15) is 4.98 Å². The molecule has 2 heterocycles. The van der Waals surface area contributed by atoms with Gasteiger partial charge in [0.1, 0.15) is 0 Å². The second-order valence-electron chi connectivity index (χ2n) is 4.29. The number of rotatable bonds is 5. The Morgan fingerprint density at radius 1 is 1.59 bits per heavy atom. The SMILES string of the molecule is C[C@@H](SCc1noc(C2CC2)n1)c1cccs1. The van der Waals surface area contributed by atoms with Gasteiger partial charge in [0, 0.05) is 16.0 Å². The van der Waals surface area contributed by atoms with Gasteiger partial charge in [-0.15, -0.1) is 23.1 Å². The first-order valence-corrected chi connectivity index (χ1v) is 7.73. The lowest BCUT2D eigenvalue weighted by atomic mass is 10.4. The smallest absolute Gasteiger partial charge is 0.229 e. The van der Waals surface area contributed by atoms with Gasteiger partial charge in [-0.25, -0.2) is 0 Å². The van der Waals surface area contributed by atoms with Gasteiger partial charge in [-0.3, -0.25) is 0 Å². The molecule has 0 unspecified atom stereocenters. The zero-order valence-electron chi connectivity index (χ0n) is 9.63. The van der Waals surface area contributed by atoms with Crippen molar-refractivity contribution in [2.75, 3.05) is 0 Å². The second-order valence-corrected chi connectivity index (χ2v) is 6.60. The minimum Gasteiger partial charge on any atom is -0.339 e. The van der Waals surface area contributed by atoms with Crippen molar-refractivity contribution in [3.63, 3.8) is 0 Å². The first-order valence-electron chi connectivity index (χ1n) is 5.80. The summed E-state index contributed by atoms with van der Waals surface area (Å²) in [6.45, 7) is 2.22. The Bertz CT molecular complexity index is 476. The molecule has 0 spiro atoms. The van der Waals surface area contributed by atoms with Crippen LogP contribution in [0.15, 0.2) is 22.0 Å². The third-order valence-electron chi connectivity index (χ3n) is 2.82. The van der Waals surface area contributed by atoms with E-state index in [9.17, 15) is 0 Å². The number of thiophene rings is 1. The fourth-order valence-corrected chi connectivity index (χ4v) is 3.42. The van der Waals surface area contributed by atoms with Gasteiger partial charge in [0.25, 0.3) is 0 Å². The summed E-state index contributed by atoms with van der Waals surface area (Å²) in [5.74, 6) is 3.05. The lowest BCUT2D eigenvalue weighted by Crippen LogP contribution is -1.89. The minimum atomic E-state index is 0.498. The Morgan fingerprint density at radius 3 is 3.18 bits per heavy atom. The van der Waals surface area contributed by atoms with E-state index < -0.39 is 0 Å². The van der Waals surface area contributed by atoms with Gasteiger partial charge in [0.15, 0.2) is 5.82 Å². The van der Waals surface area contributed by atoms with Gasteiger partial charge in [0.2, 0.25) is 5.89 Å². The van der Waals surface area contributed by atoms with Crippen LogP contribution in [0.1, 0.15) is 47.5 Å². The topological polar surface area (TPSA) is 38.9 Å². The summed E-state index contributed by atoms with van der Waals surface area (Å²) in [4.78, 5) is 5.83. The van der Waals surface area contributed by atoms with E-state index in [1.807, 2.05) is 11.8 Å². The molecule has 3 rings (SSSR count). The third kappa shape index (κ3) is 2.72. The van der Waals surface area contributed by atoms with Crippen molar-refractivity contribution in [3.05, 3.63) is 34.1 Å². The number of hydrogen-bond donors (Lipinski definition) is 0. The zero-order chi connectivity index (χ0) is 11.7. The molecule has 0 saturated heterocycles. The van der Waals surface area contributed by atoms with Gasteiger partial charge in [-0.05, 0) is 31.2 Å². The molecule has 0 N–H and O–H groups in total. The maximum absolute atomic E-state index is 5.24. The quantitative estimate of drug-likeness (QED) is 0.820. The van der Waals surface area contributed by atoms with Crippen LogP contribution < -0.4 is 0 Å². The van der Waals surface area contributed by atoms with Gasteiger partial charge in [0.05, 0.1) is 5.75 Å². The molecule has 0 aromatic carbocycles. The molecule has 17 heavy (non-hydrogen) atoms. The Morgan fingerprint density at radius 2 is 2.47 bits per heavy atom. The molecule has 0 amide bonds. The van der Waals surface area contributed by atoms with E-state index in [1.54, 1.807) is 11.3 Å². The number of thioether (sulfide) groups is 1. The Labute approximate surface area is 109 Å². The van der Waals surface area contributed by atoms with Crippen LogP contribution in [0, 0.1) is 0 Å². The van der Waals surface area contributed by atoms with Crippen LogP contribution in [-0.2, 0) is 5.75 Å².